The third-order valence-corrected chi connectivity index (χ3v) is 3.74. The number of piperidine rings is 1. The number of hydrogen-bond donors (Lipinski definition) is 0. The number of rotatable bonds is 5. The zero-order valence-corrected chi connectivity index (χ0v) is 12.5. The number of aromatic nitrogens is 1. The van der Waals surface area contributed by atoms with E-state index in [2.05, 4.69) is 4.98 Å². The Morgan fingerprint density at radius 1 is 1.38 bits per heavy atom. The van der Waals surface area contributed by atoms with E-state index in [9.17, 15) is 9.59 Å². The first-order valence-electron chi connectivity index (χ1n) is 7.57. The molecule has 0 aliphatic carbocycles. The summed E-state index contributed by atoms with van der Waals surface area (Å²) >= 11 is 0. The van der Waals surface area contributed by atoms with E-state index in [4.69, 9.17) is 4.74 Å². The van der Waals surface area contributed by atoms with Gasteiger partial charge in [0.1, 0.15) is 0 Å². The van der Waals surface area contributed by atoms with Gasteiger partial charge in [0, 0.05) is 25.4 Å². The van der Waals surface area contributed by atoms with Crippen molar-refractivity contribution in [2.45, 2.75) is 45.1 Å². The molecule has 0 aromatic carbocycles. The molecule has 1 fully saturated rings. The van der Waals surface area contributed by atoms with Gasteiger partial charge in [0.05, 0.1) is 19.1 Å². The minimum Gasteiger partial charge on any atom is -0.466 e. The second-order valence-corrected chi connectivity index (χ2v) is 5.19. The molecule has 1 aromatic heterocycles. The van der Waals surface area contributed by atoms with Gasteiger partial charge in [-0.15, -0.1) is 0 Å². The molecule has 2 heterocycles. The first kappa shape index (κ1) is 15.5. The van der Waals surface area contributed by atoms with E-state index in [0.29, 0.717) is 6.61 Å². The quantitative estimate of drug-likeness (QED) is 0.782. The molecule has 5 heteroatoms. The lowest BCUT2D eigenvalue weighted by molar-refractivity contribution is -0.146. The summed E-state index contributed by atoms with van der Waals surface area (Å²) in [5, 5.41) is 0. The maximum atomic E-state index is 12.4. The largest absolute Gasteiger partial charge is 0.466 e. The Bertz CT molecular complexity index is 476. The van der Waals surface area contributed by atoms with Gasteiger partial charge in [-0.2, -0.15) is 0 Å². The second kappa shape index (κ2) is 7.76. The van der Waals surface area contributed by atoms with Gasteiger partial charge in [0.15, 0.2) is 0 Å². The Kier molecular flexibility index (Phi) is 5.72. The zero-order valence-electron chi connectivity index (χ0n) is 12.5. The highest BCUT2D eigenvalue weighted by molar-refractivity contribution is 5.81. The van der Waals surface area contributed by atoms with Crippen LogP contribution < -0.4 is 0 Å². The average Bonchev–Trinajstić information content (AvgIpc) is 2.54. The fourth-order valence-corrected chi connectivity index (χ4v) is 2.74. The minimum absolute atomic E-state index is 0.0246. The summed E-state index contributed by atoms with van der Waals surface area (Å²) in [6, 6.07) is 3.99. The van der Waals surface area contributed by atoms with Crippen molar-refractivity contribution >= 4 is 11.9 Å². The summed E-state index contributed by atoms with van der Waals surface area (Å²) < 4.78 is 4.87. The highest BCUT2D eigenvalue weighted by Crippen LogP contribution is 2.31. The number of nitrogens with zero attached hydrogens (tertiary/aromatic N) is 2. The summed E-state index contributed by atoms with van der Waals surface area (Å²) in [6.45, 7) is 2.87. The molecule has 0 saturated carbocycles. The number of pyridine rings is 1. The molecule has 0 radical (unpaired) electrons. The molecule has 1 amide bonds. The van der Waals surface area contributed by atoms with Crippen LogP contribution in [0.25, 0.3) is 0 Å². The first-order valence-corrected chi connectivity index (χ1v) is 7.57. The lowest BCUT2D eigenvalue weighted by Crippen LogP contribution is -2.38. The molecule has 1 aromatic rings. The Labute approximate surface area is 125 Å². The molecular weight excluding hydrogens is 268 g/mol. The van der Waals surface area contributed by atoms with Crippen molar-refractivity contribution in [1.82, 2.24) is 9.88 Å². The smallest absolute Gasteiger partial charge is 0.306 e. The molecule has 0 N–H and O–H groups in total. The predicted molar refractivity (Wildman–Crippen MR) is 78.4 cm³/mol. The second-order valence-electron chi connectivity index (χ2n) is 5.19. The molecule has 1 aliphatic heterocycles. The van der Waals surface area contributed by atoms with Gasteiger partial charge < -0.3 is 9.64 Å². The van der Waals surface area contributed by atoms with Crippen LogP contribution in [0.4, 0.5) is 0 Å². The summed E-state index contributed by atoms with van der Waals surface area (Å²) in [5.41, 5.74) is 1.07. The Morgan fingerprint density at radius 3 is 2.95 bits per heavy atom. The third kappa shape index (κ3) is 4.28. The number of esters is 1. The van der Waals surface area contributed by atoms with Crippen LogP contribution in [0.3, 0.4) is 0 Å². The molecule has 21 heavy (non-hydrogen) atoms. The van der Waals surface area contributed by atoms with Crippen LogP contribution in [0.5, 0.6) is 0 Å². The van der Waals surface area contributed by atoms with Crippen molar-refractivity contribution in [2.75, 3.05) is 13.2 Å². The summed E-state index contributed by atoms with van der Waals surface area (Å²) in [4.78, 5) is 29.8. The highest BCUT2D eigenvalue weighted by atomic mass is 16.5. The van der Waals surface area contributed by atoms with Crippen LogP contribution in [0.2, 0.25) is 0 Å². The first-order chi connectivity index (χ1) is 10.2. The van der Waals surface area contributed by atoms with Crippen molar-refractivity contribution in [2.24, 2.45) is 0 Å². The number of carbonyl (C=O) groups is 2. The van der Waals surface area contributed by atoms with Gasteiger partial charge in [-0.3, -0.25) is 14.6 Å². The molecule has 1 atom stereocenters. The fraction of sp³-hybridized carbons (Fsp3) is 0.562. The fourth-order valence-electron chi connectivity index (χ4n) is 2.74. The van der Waals surface area contributed by atoms with Crippen LogP contribution in [-0.4, -0.2) is 34.9 Å². The minimum atomic E-state index is -0.305. The van der Waals surface area contributed by atoms with Gasteiger partial charge in [-0.1, -0.05) is 6.07 Å². The van der Waals surface area contributed by atoms with Gasteiger partial charge in [0.2, 0.25) is 5.91 Å². The van der Waals surface area contributed by atoms with Crippen LogP contribution >= 0.6 is 0 Å². The molecular formula is C16H22N2O3. The van der Waals surface area contributed by atoms with E-state index in [-0.39, 0.29) is 30.8 Å². The Morgan fingerprint density at radius 2 is 2.24 bits per heavy atom. The Balaban J connectivity index is 1.98. The Hall–Kier alpha value is -1.91. The van der Waals surface area contributed by atoms with Gasteiger partial charge in [-0.05, 0) is 37.8 Å². The van der Waals surface area contributed by atoms with Crippen molar-refractivity contribution in [1.29, 1.82) is 0 Å². The van der Waals surface area contributed by atoms with E-state index < -0.39 is 0 Å². The van der Waals surface area contributed by atoms with Crippen molar-refractivity contribution < 1.29 is 14.3 Å². The molecule has 0 unspecified atom stereocenters. The summed E-state index contributed by atoms with van der Waals surface area (Å²) in [7, 11) is 0. The molecule has 1 aliphatic rings. The van der Waals surface area contributed by atoms with Crippen molar-refractivity contribution in [3.63, 3.8) is 0 Å². The summed E-state index contributed by atoms with van der Waals surface area (Å²) in [5.74, 6) is -0.280. The molecule has 0 spiro atoms. The molecule has 114 valence electrons. The maximum Gasteiger partial charge on any atom is 0.306 e. The number of hydrogen-bond acceptors (Lipinski definition) is 4. The van der Waals surface area contributed by atoms with E-state index in [0.717, 1.165) is 31.4 Å². The van der Waals surface area contributed by atoms with Crippen LogP contribution in [0.1, 0.15) is 50.6 Å². The van der Waals surface area contributed by atoms with Crippen LogP contribution in [-0.2, 0) is 14.3 Å². The molecule has 2 rings (SSSR count). The van der Waals surface area contributed by atoms with Crippen molar-refractivity contribution in [3.05, 3.63) is 30.1 Å². The predicted octanol–water partition coefficient (Wildman–Crippen LogP) is 2.48. The third-order valence-electron chi connectivity index (χ3n) is 3.74. The van der Waals surface area contributed by atoms with E-state index in [1.54, 1.807) is 13.1 Å². The normalized spacial score (nSPS) is 18.3. The van der Waals surface area contributed by atoms with Crippen LogP contribution in [0, 0.1) is 0 Å². The van der Waals surface area contributed by atoms with E-state index in [1.165, 1.54) is 0 Å². The topological polar surface area (TPSA) is 59.5 Å². The summed E-state index contributed by atoms with van der Waals surface area (Å²) in [6.07, 6.45) is 7.01. The van der Waals surface area contributed by atoms with E-state index >= 15 is 0 Å². The highest BCUT2D eigenvalue weighted by Gasteiger charge is 2.28. The van der Waals surface area contributed by atoms with Crippen LogP contribution in [0.15, 0.2) is 24.5 Å². The maximum absolute atomic E-state index is 12.4. The molecule has 0 bridgehead atoms. The van der Waals surface area contributed by atoms with Gasteiger partial charge in [0.25, 0.3) is 0 Å². The van der Waals surface area contributed by atoms with Gasteiger partial charge in [-0.25, -0.2) is 0 Å². The number of ether oxygens (including phenoxy) is 1. The average molecular weight is 290 g/mol. The SMILES string of the molecule is CCOC(=O)CCC(=O)N1CCCC[C@@H]1c1cccnc1. The lowest BCUT2D eigenvalue weighted by Gasteiger charge is -2.36. The standard InChI is InChI=1S/C16H22N2O3/c1-2-21-16(20)9-8-15(19)18-11-4-3-7-14(18)13-6-5-10-17-12-13/h5-6,10,12,14H,2-4,7-9,11H2,1H3/t14-/m1/s1. The molecule has 5 nitrogen and oxygen atoms in total. The zero-order chi connectivity index (χ0) is 15.1. The van der Waals surface area contributed by atoms with Crippen molar-refractivity contribution in [3.8, 4) is 0 Å². The monoisotopic (exact) mass is 290 g/mol. The molecule has 1 saturated heterocycles. The van der Waals surface area contributed by atoms with E-state index in [1.807, 2.05) is 23.2 Å². The number of amides is 1. The number of carbonyl (C=O) groups excluding carboxylic acids is 2. The lowest BCUT2D eigenvalue weighted by atomic mass is 9.96. The van der Waals surface area contributed by atoms with Gasteiger partial charge >= 0.3 is 5.97 Å². The number of likely N-dealkylation sites (tertiary alicyclic amines) is 1.